The van der Waals surface area contributed by atoms with Gasteiger partial charge in [-0.05, 0) is 200 Å². The largest absolute Gasteiger partial charge is 0.491 e. The van der Waals surface area contributed by atoms with Crippen LogP contribution in [0.5, 0.6) is 11.5 Å². The molecule has 16 N–H and O–H groups in total. The first-order valence-corrected chi connectivity index (χ1v) is 49.7. The number of ketones is 2. The number of hydrogen-bond donors (Lipinski definition) is 11. The van der Waals surface area contributed by atoms with Gasteiger partial charge in [0.05, 0.1) is 54.3 Å². The molecule has 4 heterocycles. The fraction of sp³-hybridized carbons (Fsp3) is 0.406. The van der Waals surface area contributed by atoms with E-state index in [0.717, 1.165) is 38.1 Å². The highest BCUT2D eigenvalue weighted by molar-refractivity contribution is 7.98. The summed E-state index contributed by atoms with van der Waals surface area (Å²) in [6, 6.07) is 39.4. The number of nitrogens with two attached hydrogens (primary N) is 5. The zero-order chi connectivity index (χ0) is 107. The number of aromatic nitrogens is 4. The van der Waals surface area contributed by atoms with Gasteiger partial charge in [0, 0.05) is 99.6 Å². The van der Waals surface area contributed by atoms with Crippen LogP contribution in [-0.4, -0.2) is 182 Å². The summed E-state index contributed by atoms with van der Waals surface area (Å²) in [4.78, 5) is 141. The molecule has 0 spiro atoms. The summed E-state index contributed by atoms with van der Waals surface area (Å²) in [5.41, 5.74) is 33.6. The summed E-state index contributed by atoms with van der Waals surface area (Å²) in [6.07, 6.45) is -0.0855. The number of nitrogen functional groups attached to an aromatic ring is 2. The van der Waals surface area contributed by atoms with Crippen molar-refractivity contribution in [3.63, 3.8) is 0 Å². The van der Waals surface area contributed by atoms with Gasteiger partial charge in [0.2, 0.25) is 11.4 Å². The standard InChI is InChI=1S/C33H32ClN7O4S2.C25H18ClN5O2S2.C18H32N2O7.C17H23NO6.C8H17NO2/c1-39-30-29(20-6-10-24(11-7-20)44-15-16-45-28(43)13-12-26(37)27(42)3-2-14-35)25(17-36)33(41-31(30)38)47-19-23-18-46-32(40-23)21-4-8-22(34)9-5-21;1-29-22-21(15-4-8-19(9-5-15)33-11-10-32)20(12-27)25(31-23(22)28)35-14-18-13-34-24(30-18)16-2-6-17(26)7-3-16;1-17(2,3)26-15(24)19-11-7-8-13(21)12(9-10-14(22)23)20-16(25)27-18(4,5)6;1-17(2,3)24-16(22)18-13(15(20)21)9-10-14(19)23-11-12-7-5-4-6-8-12;1-8(2,3)11-7(10)5-4-6-9/h4-11,18,26H,2-3,12-16,19,35,37H2,(H2,38,41);2-9,13,32H,10-11,14H2,(H2,28,31);12H,7-11H2,1-6H3,(H,19,24)(H,20,25)(H,22,23);4-8,13H,9-11H2,1-3H3,(H,18,22)(H,20,21);4-6,9H2,1-3H3/t26-;;12-;13-;/m0.00./s1. The maximum absolute atomic E-state index is 12.3. The summed E-state index contributed by atoms with van der Waals surface area (Å²) in [6.45, 7) is 37.7. The highest BCUT2D eigenvalue weighted by Crippen LogP contribution is 2.45. The van der Waals surface area contributed by atoms with Crippen molar-refractivity contribution in [2.75, 3.05) is 57.5 Å². The molecule has 770 valence electrons. The lowest BCUT2D eigenvalue weighted by Gasteiger charge is -2.23. The number of alkyl carbamates (subject to hydrolysis) is 3. The average Bonchev–Trinajstić information content (AvgIpc) is 1.45. The molecule has 43 heteroatoms. The van der Waals surface area contributed by atoms with Crippen LogP contribution in [0.1, 0.15) is 188 Å². The van der Waals surface area contributed by atoms with Crippen LogP contribution in [-0.2, 0) is 80.1 Å². The van der Waals surface area contributed by atoms with Gasteiger partial charge in [-0.3, -0.25) is 28.8 Å². The average molecular weight is 2100 g/mol. The number of rotatable bonds is 43. The number of nitriles is 2. The summed E-state index contributed by atoms with van der Waals surface area (Å²) in [5.74, 6) is -1.83. The van der Waals surface area contributed by atoms with Crippen LogP contribution in [0.25, 0.3) is 53.1 Å². The summed E-state index contributed by atoms with van der Waals surface area (Å²) >= 11 is 17.7. The second-order valence-corrected chi connectivity index (χ2v) is 39.7. The number of carboxylic acids is 2. The number of aliphatic hydroxyl groups is 1. The molecule has 5 aromatic carbocycles. The van der Waals surface area contributed by atoms with Crippen LogP contribution >= 0.6 is 69.4 Å². The maximum Gasteiger partial charge on any atom is 0.408 e. The first-order chi connectivity index (χ1) is 68.1. The van der Waals surface area contributed by atoms with E-state index < -0.39 is 77.1 Å². The Morgan fingerprint density at radius 3 is 1.34 bits per heavy atom. The van der Waals surface area contributed by atoms with E-state index in [2.05, 4.69) is 52.7 Å². The minimum absolute atomic E-state index is 0.0129. The zero-order valence-electron chi connectivity index (χ0n) is 82.1. The third-order valence-electron chi connectivity index (χ3n) is 18.6. The number of benzene rings is 5. The van der Waals surface area contributed by atoms with Gasteiger partial charge in [0.1, 0.15) is 116 Å². The number of thiazole rings is 2. The number of aliphatic carboxylic acids is 2. The van der Waals surface area contributed by atoms with Gasteiger partial charge in [0.15, 0.2) is 5.78 Å². The fourth-order valence-corrected chi connectivity index (χ4v) is 16.0. The third-order valence-corrected chi connectivity index (χ3v) is 23.0. The van der Waals surface area contributed by atoms with Gasteiger partial charge >= 0.3 is 48.1 Å². The monoisotopic (exact) mass is 2090 g/mol. The Labute approximate surface area is 863 Å². The molecule has 0 saturated carbocycles. The summed E-state index contributed by atoms with van der Waals surface area (Å²) in [5, 5.41) is 62.0. The molecule has 0 aliphatic heterocycles. The van der Waals surface area contributed by atoms with Gasteiger partial charge in [-0.2, -0.15) is 10.5 Å². The predicted molar refractivity (Wildman–Crippen MR) is 553 cm³/mol. The van der Waals surface area contributed by atoms with E-state index in [1.807, 2.05) is 110 Å². The minimum atomic E-state index is -1.24. The minimum Gasteiger partial charge on any atom is -0.491 e. The number of nitrogens with zero attached hydrogens (tertiary/aromatic N) is 8. The lowest BCUT2D eigenvalue weighted by atomic mass is 10.00. The van der Waals surface area contributed by atoms with Crippen molar-refractivity contribution >= 4 is 152 Å². The highest BCUT2D eigenvalue weighted by atomic mass is 35.5. The molecule has 9 rings (SSSR count). The molecule has 0 aliphatic carbocycles. The van der Waals surface area contributed by atoms with E-state index in [9.17, 15) is 58.5 Å². The molecular weight excluding hydrogens is 1970 g/mol. The van der Waals surface area contributed by atoms with Crippen molar-refractivity contribution < 1.29 is 101 Å². The molecule has 0 unspecified atom stereocenters. The second-order valence-electron chi connectivity index (χ2n) is 35.2. The lowest BCUT2D eigenvalue weighted by molar-refractivity contribution is -0.155. The molecule has 0 saturated heterocycles. The second kappa shape index (κ2) is 61.4. The van der Waals surface area contributed by atoms with E-state index in [1.165, 1.54) is 46.2 Å². The summed E-state index contributed by atoms with van der Waals surface area (Å²) < 4.78 is 41.6. The van der Waals surface area contributed by atoms with Crippen molar-refractivity contribution in [1.82, 2.24) is 35.9 Å². The molecule has 0 aliphatic rings. The Morgan fingerprint density at radius 2 is 0.910 bits per heavy atom. The highest BCUT2D eigenvalue weighted by Gasteiger charge is 2.30. The Morgan fingerprint density at radius 1 is 0.493 bits per heavy atom. The van der Waals surface area contributed by atoms with Crippen LogP contribution in [0.3, 0.4) is 0 Å². The Hall–Kier alpha value is -13.6. The van der Waals surface area contributed by atoms with Crippen LogP contribution in [0.2, 0.25) is 10.0 Å². The van der Waals surface area contributed by atoms with Crippen LogP contribution in [0.15, 0.2) is 148 Å². The van der Waals surface area contributed by atoms with Crippen molar-refractivity contribution in [2.24, 2.45) is 17.2 Å². The maximum atomic E-state index is 12.3. The van der Waals surface area contributed by atoms with E-state index in [0.29, 0.717) is 111 Å². The molecule has 9 aromatic rings. The Kier molecular flexibility index (Phi) is 51.6. The number of thioether (sulfide) groups is 2. The van der Waals surface area contributed by atoms with Crippen molar-refractivity contribution in [2.45, 2.75) is 229 Å². The number of halogens is 2. The number of pyridine rings is 2. The molecule has 0 fully saturated rings. The van der Waals surface area contributed by atoms with Crippen LogP contribution in [0, 0.1) is 35.8 Å². The molecule has 0 bridgehead atoms. The van der Waals surface area contributed by atoms with Crippen molar-refractivity contribution in [3.05, 3.63) is 199 Å². The molecule has 3 atom stereocenters. The molecular formula is C101H122Cl2N16O21S4. The number of nitrogens with one attached hydrogen (secondary N) is 3. The van der Waals surface area contributed by atoms with Gasteiger partial charge in [-0.15, -0.1) is 22.7 Å². The van der Waals surface area contributed by atoms with Gasteiger partial charge in [-0.25, -0.2) is 48.8 Å². The predicted octanol–water partition coefficient (Wildman–Crippen LogP) is 18.5. The van der Waals surface area contributed by atoms with Crippen LogP contribution in [0.4, 0.5) is 37.4 Å². The lowest BCUT2D eigenvalue weighted by Crippen LogP contribution is -2.44. The molecule has 37 nitrogen and oxygen atoms in total. The Balaban J connectivity index is 0.000000336. The van der Waals surface area contributed by atoms with Gasteiger partial charge in [-0.1, -0.05) is 126 Å². The van der Waals surface area contributed by atoms with Crippen molar-refractivity contribution in [3.8, 4) is 67.0 Å². The number of carboxylic acid groups (broad SMARTS) is 2. The fourth-order valence-electron chi connectivity index (χ4n) is 12.1. The molecule has 4 aromatic heterocycles. The number of ether oxygens (including phenoxy) is 8. The van der Waals surface area contributed by atoms with E-state index in [4.69, 9.17) is 123 Å². The van der Waals surface area contributed by atoms with Crippen LogP contribution < -0.4 is 54.1 Å². The number of anilines is 2. The first kappa shape index (κ1) is 121. The summed E-state index contributed by atoms with van der Waals surface area (Å²) in [7, 11) is 0. The number of Topliss-reactive ketones (excluding diaryl/α,β-unsaturated/α-hetero) is 2. The number of aliphatic hydroxyl groups excluding tert-OH is 1. The SMILES string of the molecule is CC(C)(C)OC(=O)CCCN.CC(C)(C)OC(=O)NCCCC(=O)[C@H](CCC(=O)O)NC(=O)OC(C)(C)C.CC(C)(C)OC(=O)N[C@@H](CCC(=O)OCc1ccccc1)C(=O)O.[C-]#[N+]c1c(N)nc(SCc2csc(-c3ccc(Cl)cc3)n2)c(C#N)c1-c1ccc(OCCO)cc1.[C-]#[N+]c1c(N)nc(SCc2csc(-c3ccc(Cl)cc3)n2)c(C#N)c1-c1ccc(OCCOC(=O)CC[C@H](N)C(=O)CCCN)cc1. The quantitative estimate of drug-likeness (QED) is 0.00556. The molecule has 0 radical (unpaired) electrons. The first-order valence-electron chi connectivity index (χ1n) is 45.2. The molecule has 144 heavy (non-hydrogen) atoms. The van der Waals surface area contributed by atoms with Gasteiger partial charge < -0.3 is 97.8 Å². The van der Waals surface area contributed by atoms with E-state index in [1.54, 1.807) is 111 Å². The van der Waals surface area contributed by atoms with Gasteiger partial charge in [0.25, 0.3) is 0 Å². The molecule has 3 amide bonds. The third kappa shape index (κ3) is 46.2. The number of carbonyl (C=O) groups is 10. The number of carbonyl (C=O) groups excluding carboxylic acids is 8. The normalized spacial score (nSPS) is 11.5. The number of amides is 3. The van der Waals surface area contributed by atoms with E-state index in [-0.39, 0.29) is 142 Å². The van der Waals surface area contributed by atoms with E-state index >= 15 is 0 Å². The number of hydrogen-bond acceptors (Lipinski definition) is 34. The Bertz CT molecular complexity index is 5910. The number of esters is 3. The van der Waals surface area contributed by atoms with Crippen molar-refractivity contribution in [1.29, 1.82) is 10.5 Å². The smallest absolute Gasteiger partial charge is 0.408 e. The zero-order valence-corrected chi connectivity index (χ0v) is 86.9. The topological polar surface area (TPSA) is 579 Å².